The highest BCUT2D eigenvalue weighted by atomic mass is 32.2. The van der Waals surface area contributed by atoms with Gasteiger partial charge in [0, 0.05) is 18.5 Å². The van der Waals surface area contributed by atoms with E-state index in [9.17, 15) is 18.0 Å². The van der Waals surface area contributed by atoms with Gasteiger partial charge in [0.05, 0.1) is 24.7 Å². The molecule has 0 unspecified atom stereocenters. The van der Waals surface area contributed by atoms with Crippen LogP contribution in [0.1, 0.15) is 18.4 Å². The molecular formula is C18H21NO7S. The highest BCUT2D eigenvalue weighted by Crippen LogP contribution is 2.30. The lowest BCUT2D eigenvalue weighted by molar-refractivity contribution is -0.143. The van der Waals surface area contributed by atoms with E-state index in [2.05, 4.69) is 5.32 Å². The quantitative estimate of drug-likeness (QED) is 0.578. The molecule has 8 nitrogen and oxygen atoms in total. The maximum atomic E-state index is 11.8. The molecule has 0 saturated carbocycles. The average Bonchev–Trinajstić information content (AvgIpc) is 2.83. The number of sulfone groups is 1. The molecule has 0 aromatic heterocycles. The van der Waals surface area contributed by atoms with Gasteiger partial charge in [-0.2, -0.15) is 0 Å². The number of amides is 1. The molecule has 1 N–H and O–H groups in total. The van der Waals surface area contributed by atoms with E-state index in [4.69, 9.17) is 14.2 Å². The number of benzene rings is 1. The van der Waals surface area contributed by atoms with Crippen molar-refractivity contribution in [3.8, 4) is 11.5 Å². The van der Waals surface area contributed by atoms with Gasteiger partial charge in [-0.1, -0.05) is 6.07 Å². The Morgan fingerprint density at radius 3 is 2.74 bits per heavy atom. The van der Waals surface area contributed by atoms with Gasteiger partial charge < -0.3 is 19.5 Å². The topological polar surface area (TPSA) is 108 Å². The van der Waals surface area contributed by atoms with Gasteiger partial charge in [-0.05, 0) is 30.2 Å². The van der Waals surface area contributed by atoms with Crippen molar-refractivity contribution in [2.45, 2.75) is 18.9 Å². The third-order valence-electron chi connectivity index (χ3n) is 4.13. The average molecular weight is 395 g/mol. The Balaban J connectivity index is 1.46. The monoisotopic (exact) mass is 395 g/mol. The molecule has 2 aliphatic heterocycles. The normalized spacial score (nSPS) is 20.8. The lowest BCUT2D eigenvalue weighted by Gasteiger charge is -2.10. The molecular weight excluding hydrogens is 374 g/mol. The van der Waals surface area contributed by atoms with Crippen molar-refractivity contribution >= 4 is 27.8 Å². The molecule has 1 amide bonds. The summed E-state index contributed by atoms with van der Waals surface area (Å²) in [5.41, 5.74) is 0.733. The number of hydrogen-bond acceptors (Lipinski definition) is 7. The van der Waals surface area contributed by atoms with Crippen molar-refractivity contribution in [1.82, 2.24) is 5.32 Å². The fraction of sp³-hybridized carbons (Fsp3) is 0.444. The molecule has 0 bridgehead atoms. The molecule has 9 heteroatoms. The van der Waals surface area contributed by atoms with Gasteiger partial charge in [-0.25, -0.2) is 13.2 Å². The largest absolute Gasteiger partial charge is 0.490 e. The molecule has 3 rings (SSSR count). The molecule has 0 spiro atoms. The molecule has 1 aromatic carbocycles. The van der Waals surface area contributed by atoms with E-state index in [1.165, 1.54) is 6.08 Å². The lowest BCUT2D eigenvalue weighted by atomic mass is 10.2. The first-order valence-electron chi connectivity index (χ1n) is 8.65. The zero-order valence-electron chi connectivity index (χ0n) is 14.7. The Hall–Kier alpha value is -2.55. The van der Waals surface area contributed by atoms with Gasteiger partial charge in [0.25, 0.3) is 5.91 Å². The van der Waals surface area contributed by atoms with Crippen molar-refractivity contribution in [2.24, 2.45) is 0 Å². The Bertz CT molecular complexity index is 847. The van der Waals surface area contributed by atoms with E-state index in [0.29, 0.717) is 31.1 Å². The minimum Gasteiger partial charge on any atom is -0.490 e. The van der Waals surface area contributed by atoms with Gasteiger partial charge in [0.1, 0.15) is 0 Å². The van der Waals surface area contributed by atoms with Gasteiger partial charge in [-0.15, -0.1) is 0 Å². The second-order valence-corrected chi connectivity index (χ2v) is 8.59. The van der Waals surface area contributed by atoms with Crippen LogP contribution in [0, 0.1) is 0 Å². The van der Waals surface area contributed by atoms with Crippen LogP contribution < -0.4 is 14.8 Å². The predicted octanol–water partition coefficient (Wildman–Crippen LogP) is 0.708. The summed E-state index contributed by atoms with van der Waals surface area (Å²) in [6.07, 6.45) is 3.96. The van der Waals surface area contributed by atoms with Gasteiger partial charge in [0.2, 0.25) is 0 Å². The molecule has 1 fully saturated rings. The van der Waals surface area contributed by atoms with Crippen molar-refractivity contribution in [3.63, 3.8) is 0 Å². The Morgan fingerprint density at radius 1 is 1.22 bits per heavy atom. The van der Waals surface area contributed by atoms with Crippen LogP contribution in [0.4, 0.5) is 0 Å². The molecule has 1 saturated heterocycles. The van der Waals surface area contributed by atoms with Crippen molar-refractivity contribution in [3.05, 3.63) is 29.8 Å². The third-order valence-corrected chi connectivity index (χ3v) is 5.89. The zero-order chi connectivity index (χ0) is 19.3. The SMILES string of the molecule is O=C(COC(=O)/C=C/c1ccc2c(c1)OCCCO2)N[C@@H]1CCS(=O)(=O)C1. The summed E-state index contributed by atoms with van der Waals surface area (Å²) in [4.78, 5) is 23.5. The van der Waals surface area contributed by atoms with Gasteiger partial charge in [-0.3, -0.25) is 4.79 Å². The summed E-state index contributed by atoms with van der Waals surface area (Å²) in [6, 6.07) is 4.90. The third kappa shape index (κ3) is 5.72. The van der Waals surface area contributed by atoms with E-state index >= 15 is 0 Å². The minimum absolute atomic E-state index is 0.0655. The van der Waals surface area contributed by atoms with E-state index in [-0.39, 0.29) is 11.5 Å². The van der Waals surface area contributed by atoms with Crippen LogP contribution in [0.2, 0.25) is 0 Å². The lowest BCUT2D eigenvalue weighted by Crippen LogP contribution is -2.38. The standard InChI is InChI=1S/C18H21NO7S/c20-17(19-14-6-9-27(22,23)12-14)11-26-18(21)5-3-13-2-4-15-16(10-13)25-8-1-7-24-15/h2-5,10,14H,1,6-9,11-12H2,(H,19,20)/b5-3+/t14-/m1/s1. The van der Waals surface area contributed by atoms with E-state index in [1.54, 1.807) is 24.3 Å². The van der Waals surface area contributed by atoms with Crippen LogP contribution >= 0.6 is 0 Å². The van der Waals surface area contributed by atoms with Crippen LogP contribution in [0.5, 0.6) is 11.5 Å². The highest BCUT2D eigenvalue weighted by Gasteiger charge is 2.28. The maximum Gasteiger partial charge on any atom is 0.331 e. The minimum atomic E-state index is -3.07. The number of esters is 1. The van der Waals surface area contributed by atoms with E-state index in [0.717, 1.165) is 12.0 Å². The van der Waals surface area contributed by atoms with Crippen LogP contribution in [-0.2, 0) is 24.2 Å². The molecule has 1 atom stereocenters. The fourth-order valence-corrected chi connectivity index (χ4v) is 4.48. The van der Waals surface area contributed by atoms with Crippen molar-refractivity contribution in [1.29, 1.82) is 0 Å². The number of hydrogen-bond donors (Lipinski definition) is 1. The van der Waals surface area contributed by atoms with E-state index in [1.807, 2.05) is 0 Å². The molecule has 0 radical (unpaired) electrons. The van der Waals surface area contributed by atoms with Gasteiger partial charge >= 0.3 is 5.97 Å². The number of fused-ring (bicyclic) bond motifs is 1. The summed E-state index contributed by atoms with van der Waals surface area (Å²) in [5.74, 6) is 0.0876. The first-order valence-corrected chi connectivity index (χ1v) is 10.5. The second-order valence-electron chi connectivity index (χ2n) is 6.37. The summed E-state index contributed by atoms with van der Waals surface area (Å²) in [7, 11) is -3.07. The number of rotatable bonds is 5. The van der Waals surface area contributed by atoms with Crippen LogP contribution in [-0.4, -0.2) is 57.7 Å². The highest BCUT2D eigenvalue weighted by molar-refractivity contribution is 7.91. The van der Waals surface area contributed by atoms with E-state index < -0.39 is 34.4 Å². The van der Waals surface area contributed by atoms with Crippen LogP contribution in [0.3, 0.4) is 0 Å². The molecule has 0 aliphatic carbocycles. The Morgan fingerprint density at radius 2 is 2.00 bits per heavy atom. The summed E-state index contributed by atoms with van der Waals surface area (Å²) < 4.78 is 38.7. The van der Waals surface area contributed by atoms with Gasteiger partial charge in [0.15, 0.2) is 27.9 Å². The summed E-state index contributed by atoms with van der Waals surface area (Å²) in [6.45, 7) is 0.712. The number of nitrogens with one attached hydrogen (secondary N) is 1. The Labute approximate surface area is 157 Å². The number of carbonyl (C=O) groups excluding carboxylic acids is 2. The second kappa shape index (κ2) is 8.43. The molecule has 2 heterocycles. The first-order chi connectivity index (χ1) is 12.9. The van der Waals surface area contributed by atoms with Crippen molar-refractivity contribution in [2.75, 3.05) is 31.3 Å². The molecule has 1 aromatic rings. The van der Waals surface area contributed by atoms with Crippen molar-refractivity contribution < 1.29 is 32.2 Å². The molecule has 2 aliphatic rings. The number of ether oxygens (including phenoxy) is 3. The number of carbonyl (C=O) groups is 2. The zero-order valence-corrected chi connectivity index (χ0v) is 15.5. The van der Waals surface area contributed by atoms with Crippen LogP contribution in [0.15, 0.2) is 24.3 Å². The fourth-order valence-electron chi connectivity index (χ4n) is 2.81. The Kier molecular flexibility index (Phi) is 6.00. The first kappa shape index (κ1) is 19.2. The molecule has 27 heavy (non-hydrogen) atoms. The smallest absolute Gasteiger partial charge is 0.331 e. The summed E-state index contributed by atoms with van der Waals surface area (Å²) in [5, 5.41) is 2.55. The van der Waals surface area contributed by atoms with Crippen LogP contribution in [0.25, 0.3) is 6.08 Å². The maximum absolute atomic E-state index is 11.8. The summed E-state index contributed by atoms with van der Waals surface area (Å²) >= 11 is 0. The molecule has 146 valence electrons. The predicted molar refractivity (Wildman–Crippen MR) is 97.2 cm³/mol.